The third-order valence-electron chi connectivity index (χ3n) is 2.51. The molecular formula is C10H10N2O. The molecule has 0 amide bonds. The Labute approximate surface area is 76.7 Å². The minimum Gasteiger partial charge on any atom is -0.471 e. The van der Waals surface area contributed by atoms with Crippen LogP contribution in [-0.2, 0) is 4.74 Å². The average molecular weight is 174 g/mol. The molecule has 2 heterocycles. The molecule has 0 aromatic rings. The van der Waals surface area contributed by atoms with E-state index in [2.05, 4.69) is 11.2 Å². The van der Waals surface area contributed by atoms with Crippen LogP contribution in [0, 0.1) is 0 Å². The van der Waals surface area contributed by atoms with Crippen molar-refractivity contribution in [3.05, 3.63) is 35.3 Å². The summed E-state index contributed by atoms with van der Waals surface area (Å²) < 4.78 is 5.56. The molecule has 1 aliphatic carbocycles. The fourth-order valence-electron chi connectivity index (χ4n) is 1.86. The third-order valence-corrected chi connectivity index (χ3v) is 2.51. The SMILES string of the molecule is C1=CCC2=C3CC=NN3COC2=C1. The molecule has 0 aromatic carbocycles. The highest BCUT2D eigenvalue weighted by atomic mass is 16.5. The fraction of sp³-hybridized carbons (Fsp3) is 0.300. The van der Waals surface area contributed by atoms with Crippen LogP contribution in [-0.4, -0.2) is 18.0 Å². The summed E-state index contributed by atoms with van der Waals surface area (Å²) in [4.78, 5) is 0. The van der Waals surface area contributed by atoms with Gasteiger partial charge in [0.05, 0.1) is 5.70 Å². The van der Waals surface area contributed by atoms with Gasteiger partial charge in [0.15, 0.2) is 6.73 Å². The third kappa shape index (κ3) is 0.932. The van der Waals surface area contributed by atoms with Gasteiger partial charge in [-0.05, 0) is 12.5 Å². The van der Waals surface area contributed by atoms with Crippen molar-refractivity contribution in [1.29, 1.82) is 0 Å². The molecule has 0 atom stereocenters. The van der Waals surface area contributed by atoms with Crippen molar-refractivity contribution in [3.8, 4) is 0 Å². The highest BCUT2D eigenvalue weighted by molar-refractivity contribution is 5.65. The van der Waals surface area contributed by atoms with Crippen LogP contribution < -0.4 is 0 Å². The molecular weight excluding hydrogens is 164 g/mol. The summed E-state index contributed by atoms with van der Waals surface area (Å²) in [6, 6.07) is 0. The molecule has 0 bridgehead atoms. The maximum atomic E-state index is 5.56. The van der Waals surface area contributed by atoms with E-state index in [4.69, 9.17) is 4.74 Å². The van der Waals surface area contributed by atoms with Gasteiger partial charge in [-0.25, -0.2) is 5.01 Å². The van der Waals surface area contributed by atoms with Gasteiger partial charge in [-0.3, -0.25) is 0 Å². The lowest BCUT2D eigenvalue weighted by Crippen LogP contribution is -2.24. The molecule has 0 N–H and O–H groups in total. The summed E-state index contributed by atoms with van der Waals surface area (Å²) in [7, 11) is 0. The lowest BCUT2D eigenvalue weighted by molar-refractivity contribution is 0.0887. The Balaban J connectivity index is 2.09. The van der Waals surface area contributed by atoms with Gasteiger partial charge in [0, 0.05) is 18.2 Å². The molecule has 3 rings (SSSR count). The van der Waals surface area contributed by atoms with Crippen molar-refractivity contribution in [3.63, 3.8) is 0 Å². The van der Waals surface area contributed by atoms with E-state index in [0.29, 0.717) is 6.73 Å². The van der Waals surface area contributed by atoms with Gasteiger partial charge < -0.3 is 4.74 Å². The first-order valence-electron chi connectivity index (χ1n) is 4.47. The van der Waals surface area contributed by atoms with Gasteiger partial charge in [0.25, 0.3) is 0 Å². The Kier molecular flexibility index (Phi) is 1.33. The number of rotatable bonds is 0. The zero-order valence-corrected chi connectivity index (χ0v) is 7.23. The highest BCUT2D eigenvalue weighted by Gasteiger charge is 2.26. The molecule has 2 aliphatic heterocycles. The summed E-state index contributed by atoms with van der Waals surface area (Å²) in [5, 5.41) is 6.16. The van der Waals surface area contributed by atoms with Crippen LogP contribution in [0.2, 0.25) is 0 Å². The molecule has 0 aromatic heterocycles. The smallest absolute Gasteiger partial charge is 0.181 e. The Hall–Kier alpha value is -1.51. The van der Waals surface area contributed by atoms with Crippen LogP contribution in [0.5, 0.6) is 0 Å². The van der Waals surface area contributed by atoms with Crippen molar-refractivity contribution in [2.24, 2.45) is 5.10 Å². The number of fused-ring (bicyclic) bond motifs is 2. The second kappa shape index (κ2) is 2.49. The number of allylic oxidation sites excluding steroid dienone is 5. The van der Waals surface area contributed by atoms with E-state index in [1.807, 2.05) is 23.4 Å². The van der Waals surface area contributed by atoms with Crippen molar-refractivity contribution >= 4 is 6.21 Å². The van der Waals surface area contributed by atoms with Gasteiger partial charge in [0.1, 0.15) is 5.76 Å². The molecule has 0 fully saturated rings. The minimum atomic E-state index is 0.564. The molecule has 0 unspecified atom stereocenters. The molecule has 3 aliphatic rings. The molecule has 3 heteroatoms. The van der Waals surface area contributed by atoms with Gasteiger partial charge in [-0.15, -0.1) is 0 Å². The second-order valence-corrected chi connectivity index (χ2v) is 3.26. The standard InChI is InChI=1S/C10H10N2O/c1-2-4-10-8(3-1)9-5-6-11-12(9)7-13-10/h1-2,4,6H,3,5,7H2. The Morgan fingerprint density at radius 1 is 1.38 bits per heavy atom. The largest absolute Gasteiger partial charge is 0.471 e. The summed E-state index contributed by atoms with van der Waals surface area (Å²) >= 11 is 0. The molecule has 13 heavy (non-hydrogen) atoms. The number of hydrogen-bond donors (Lipinski definition) is 0. The van der Waals surface area contributed by atoms with Crippen LogP contribution in [0.25, 0.3) is 0 Å². The van der Waals surface area contributed by atoms with E-state index < -0.39 is 0 Å². The molecule has 66 valence electrons. The first-order valence-corrected chi connectivity index (χ1v) is 4.47. The number of hydrazone groups is 1. The van der Waals surface area contributed by atoms with Crippen molar-refractivity contribution in [1.82, 2.24) is 5.01 Å². The highest BCUT2D eigenvalue weighted by Crippen LogP contribution is 2.33. The zero-order valence-electron chi connectivity index (χ0n) is 7.23. The van der Waals surface area contributed by atoms with Crippen molar-refractivity contribution < 1.29 is 4.74 Å². The van der Waals surface area contributed by atoms with Crippen LogP contribution in [0.4, 0.5) is 0 Å². The van der Waals surface area contributed by atoms with Crippen LogP contribution in [0.15, 0.2) is 40.4 Å². The minimum absolute atomic E-state index is 0.564. The first kappa shape index (κ1) is 6.95. The molecule has 3 nitrogen and oxygen atoms in total. The van der Waals surface area contributed by atoms with Gasteiger partial charge in [0.2, 0.25) is 0 Å². The average Bonchev–Trinajstić information content (AvgIpc) is 2.65. The predicted molar refractivity (Wildman–Crippen MR) is 49.8 cm³/mol. The van der Waals surface area contributed by atoms with E-state index in [0.717, 1.165) is 18.6 Å². The predicted octanol–water partition coefficient (Wildman–Crippen LogP) is 1.76. The number of hydrogen-bond acceptors (Lipinski definition) is 3. The second-order valence-electron chi connectivity index (χ2n) is 3.26. The Morgan fingerprint density at radius 2 is 2.38 bits per heavy atom. The molecule has 0 radical (unpaired) electrons. The summed E-state index contributed by atoms with van der Waals surface area (Å²) in [6.45, 7) is 0.564. The van der Waals surface area contributed by atoms with Crippen molar-refractivity contribution in [2.75, 3.05) is 6.73 Å². The summed E-state index contributed by atoms with van der Waals surface area (Å²) in [6.07, 6.45) is 10.1. The van der Waals surface area contributed by atoms with E-state index in [1.54, 1.807) is 0 Å². The lowest BCUT2D eigenvalue weighted by atomic mass is 10.0. The summed E-state index contributed by atoms with van der Waals surface area (Å²) in [5.74, 6) is 1.03. The molecule has 0 saturated carbocycles. The van der Waals surface area contributed by atoms with Crippen molar-refractivity contribution in [2.45, 2.75) is 12.8 Å². The van der Waals surface area contributed by atoms with E-state index in [-0.39, 0.29) is 0 Å². The first-order chi connectivity index (χ1) is 6.45. The Morgan fingerprint density at radius 3 is 3.38 bits per heavy atom. The van der Waals surface area contributed by atoms with E-state index in [9.17, 15) is 0 Å². The fourth-order valence-corrected chi connectivity index (χ4v) is 1.86. The van der Waals surface area contributed by atoms with Gasteiger partial charge in [-0.2, -0.15) is 5.10 Å². The zero-order chi connectivity index (χ0) is 8.67. The molecule has 0 spiro atoms. The topological polar surface area (TPSA) is 24.8 Å². The maximum absolute atomic E-state index is 5.56. The van der Waals surface area contributed by atoms with Crippen LogP contribution in [0.3, 0.4) is 0 Å². The van der Waals surface area contributed by atoms with E-state index >= 15 is 0 Å². The van der Waals surface area contributed by atoms with Crippen LogP contribution >= 0.6 is 0 Å². The van der Waals surface area contributed by atoms with Gasteiger partial charge >= 0.3 is 0 Å². The molecule has 0 saturated heterocycles. The summed E-state index contributed by atoms with van der Waals surface area (Å²) in [5.41, 5.74) is 2.60. The van der Waals surface area contributed by atoms with Crippen LogP contribution in [0.1, 0.15) is 12.8 Å². The maximum Gasteiger partial charge on any atom is 0.181 e. The Bertz CT molecular complexity index is 363. The normalized spacial score (nSPS) is 24.0. The number of ether oxygens (including phenoxy) is 1. The monoisotopic (exact) mass is 174 g/mol. The quantitative estimate of drug-likeness (QED) is 0.559. The van der Waals surface area contributed by atoms with Gasteiger partial charge in [-0.1, -0.05) is 12.2 Å². The lowest BCUT2D eigenvalue weighted by Gasteiger charge is -2.28. The van der Waals surface area contributed by atoms with E-state index in [1.165, 1.54) is 11.3 Å². The number of nitrogens with zero attached hydrogens (tertiary/aromatic N) is 2.